The summed E-state index contributed by atoms with van der Waals surface area (Å²) in [5.41, 5.74) is 1.01. The van der Waals surface area contributed by atoms with E-state index < -0.39 is 0 Å². The van der Waals surface area contributed by atoms with Crippen molar-refractivity contribution in [2.24, 2.45) is 0 Å². The lowest BCUT2D eigenvalue weighted by molar-refractivity contribution is 0.199. The molecule has 1 heterocycles. The smallest absolute Gasteiger partial charge is 0.222 e. The number of nitrogens with one attached hydrogen (secondary N) is 1. The minimum absolute atomic E-state index is 0.188. The van der Waals surface area contributed by atoms with E-state index in [1.54, 1.807) is 0 Å². The molecule has 1 aromatic heterocycles. The molecule has 0 bridgehead atoms. The Kier molecular flexibility index (Phi) is 6.76. The van der Waals surface area contributed by atoms with Crippen molar-refractivity contribution in [2.45, 2.75) is 72.8 Å². The van der Waals surface area contributed by atoms with Crippen molar-refractivity contribution in [1.82, 2.24) is 9.97 Å². The fraction of sp³-hybridized carbons (Fsp3) is 0.750. The summed E-state index contributed by atoms with van der Waals surface area (Å²) in [4.78, 5) is 9.21. The summed E-state index contributed by atoms with van der Waals surface area (Å²) in [5, 5.41) is 3.37. The van der Waals surface area contributed by atoms with Gasteiger partial charge in [0.2, 0.25) is 5.88 Å². The van der Waals surface area contributed by atoms with Gasteiger partial charge in [0.05, 0.1) is 11.7 Å². The summed E-state index contributed by atoms with van der Waals surface area (Å²) in [6.07, 6.45) is 3.41. The number of aromatic nitrogens is 2. The molecule has 0 aliphatic carbocycles. The van der Waals surface area contributed by atoms with Gasteiger partial charge in [-0.2, -0.15) is 4.98 Å². The minimum Gasteiger partial charge on any atom is -0.474 e. The van der Waals surface area contributed by atoms with Crippen molar-refractivity contribution in [3.05, 3.63) is 11.4 Å². The van der Waals surface area contributed by atoms with Crippen LogP contribution in [0.15, 0.2) is 0 Å². The van der Waals surface area contributed by atoms with Crippen LogP contribution in [0.1, 0.15) is 71.2 Å². The predicted molar refractivity (Wildman–Crippen MR) is 84.6 cm³/mol. The van der Waals surface area contributed by atoms with E-state index in [2.05, 4.69) is 49.9 Å². The highest BCUT2D eigenvalue weighted by molar-refractivity contribution is 5.48. The van der Waals surface area contributed by atoms with E-state index in [0.29, 0.717) is 5.92 Å². The van der Waals surface area contributed by atoms with Gasteiger partial charge in [-0.15, -0.1) is 0 Å². The maximum atomic E-state index is 6.01. The molecule has 1 aromatic rings. The van der Waals surface area contributed by atoms with E-state index in [1.807, 2.05) is 6.92 Å². The predicted octanol–water partition coefficient (Wildman–Crippen LogP) is 4.30. The van der Waals surface area contributed by atoms with Gasteiger partial charge in [0, 0.05) is 12.5 Å². The first-order valence-corrected chi connectivity index (χ1v) is 7.78. The third kappa shape index (κ3) is 4.66. The minimum atomic E-state index is 0.188. The third-order valence-corrected chi connectivity index (χ3v) is 3.19. The van der Waals surface area contributed by atoms with Gasteiger partial charge in [-0.1, -0.05) is 34.1 Å². The fourth-order valence-corrected chi connectivity index (χ4v) is 1.96. The molecular weight excluding hydrogens is 250 g/mol. The standard InChI is InChI=1S/C16H29N3O/c1-7-9-12(5)20-16-13(6)15(17-10-8-2)18-14(19-16)11(3)4/h11-12H,7-10H2,1-6H3,(H,17,18,19). The van der Waals surface area contributed by atoms with E-state index in [0.717, 1.165) is 48.9 Å². The van der Waals surface area contributed by atoms with Crippen LogP contribution in [-0.2, 0) is 0 Å². The van der Waals surface area contributed by atoms with E-state index in [1.165, 1.54) is 0 Å². The molecule has 0 spiro atoms. The third-order valence-electron chi connectivity index (χ3n) is 3.19. The van der Waals surface area contributed by atoms with Crippen LogP contribution in [-0.4, -0.2) is 22.6 Å². The summed E-state index contributed by atoms with van der Waals surface area (Å²) < 4.78 is 6.01. The summed E-state index contributed by atoms with van der Waals surface area (Å²) in [5.74, 6) is 2.77. The Hall–Kier alpha value is -1.32. The molecule has 1 unspecified atom stereocenters. The lowest BCUT2D eigenvalue weighted by Crippen LogP contribution is -2.16. The van der Waals surface area contributed by atoms with Crippen LogP contribution >= 0.6 is 0 Å². The van der Waals surface area contributed by atoms with Gasteiger partial charge in [0.25, 0.3) is 0 Å². The Balaban J connectivity index is 3.03. The van der Waals surface area contributed by atoms with Gasteiger partial charge in [0.1, 0.15) is 11.6 Å². The van der Waals surface area contributed by atoms with Crippen molar-refractivity contribution in [3.8, 4) is 5.88 Å². The van der Waals surface area contributed by atoms with Gasteiger partial charge in [-0.25, -0.2) is 4.98 Å². The molecule has 0 aliphatic rings. The Labute approximate surface area is 123 Å². The van der Waals surface area contributed by atoms with E-state index in [-0.39, 0.29) is 6.10 Å². The Morgan fingerprint density at radius 2 is 1.80 bits per heavy atom. The number of anilines is 1. The number of ether oxygens (including phenoxy) is 1. The Morgan fingerprint density at radius 3 is 2.35 bits per heavy atom. The average molecular weight is 279 g/mol. The van der Waals surface area contributed by atoms with Gasteiger partial charge in [-0.05, 0) is 26.7 Å². The zero-order chi connectivity index (χ0) is 15.1. The maximum Gasteiger partial charge on any atom is 0.222 e. The topological polar surface area (TPSA) is 47.0 Å². The van der Waals surface area contributed by atoms with Crippen molar-refractivity contribution < 1.29 is 4.74 Å². The summed E-state index contributed by atoms with van der Waals surface area (Å²) >= 11 is 0. The number of nitrogens with zero attached hydrogens (tertiary/aromatic N) is 2. The zero-order valence-corrected chi connectivity index (χ0v) is 13.8. The summed E-state index contributed by atoms with van der Waals surface area (Å²) in [6.45, 7) is 13.6. The quantitative estimate of drug-likeness (QED) is 0.770. The lowest BCUT2D eigenvalue weighted by Gasteiger charge is -2.18. The molecular formula is C16H29N3O. The summed E-state index contributed by atoms with van der Waals surface area (Å²) in [7, 11) is 0. The number of hydrogen-bond acceptors (Lipinski definition) is 4. The van der Waals surface area contributed by atoms with Gasteiger partial charge in [-0.3, -0.25) is 0 Å². The first-order valence-electron chi connectivity index (χ1n) is 7.78. The van der Waals surface area contributed by atoms with E-state index >= 15 is 0 Å². The van der Waals surface area contributed by atoms with E-state index in [4.69, 9.17) is 4.74 Å². The second-order valence-corrected chi connectivity index (χ2v) is 5.66. The number of hydrogen-bond donors (Lipinski definition) is 1. The van der Waals surface area contributed by atoms with Gasteiger partial charge in [0.15, 0.2) is 0 Å². The molecule has 0 aromatic carbocycles. The Morgan fingerprint density at radius 1 is 1.10 bits per heavy atom. The van der Waals surface area contributed by atoms with Crippen LogP contribution in [0.3, 0.4) is 0 Å². The van der Waals surface area contributed by atoms with Gasteiger partial charge < -0.3 is 10.1 Å². The molecule has 1 rings (SSSR count). The monoisotopic (exact) mass is 279 g/mol. The van der Waals surface area contributed by atoms with Crippen LogP contribution < -0.4 is 10.1 Å². The zero-order valence-electron chi connectivity index (χ0n) is 13.8. The van der Waals surface area contributed by atoms with Gasteiger partial charge >= 0.3 is 0 Å². The average Bonchev–Trinajstić information content (AvgIpc) is 2.39. The highest BCUT2D eigenvalue weighted by Crippen LogP contribution is 2.26. The second kappa shape index (κ2) is 8.08. The molecule has 0 fully saturated rings. The number of rotatable bonds is 8. The SMILES string of the molecule is CCCNc1nc(C(C)C)nc(OC(C)CCC)c1C. The van der Waals surface area contributed by atoms with Crippen molar-refractivity contribution in [2.75, 3.05) is 11.9 Å². The molecule has 1 atom stereocenters. The largest absolute Gasteiger partial charge is 0.474 e. The van der Waals surface area contributed by atoms with Crippen molar-refractivity contribution >= 4 is 5.82 Å². The van der Waals surface area contributed by atoms with Crippen LogP contribution in [0, 0.1) is 6.92 Å². The summed E-state index contributed by atoms with van der Waals surface area (Å²) in [6, 6.07) is 0. The molecule has 0 amide bonds. The molecule has 0 radical (unpaired) electrons. The van der Waals surface area contributed by atoms with Crippen LogP contribution in [0.25, 0.3) is 0 Å². The van der Waals surface area contributed by atoms with Crippen LogP contribution in [0.5, 0.6) is 5.88 Å². The normalized spacial score (nSPS) is 12.6. The molecule has 1 N–H and O–H groups in total. The first kappa shape index (κ1) is 16.7. The highest BCUT2D eigenvalue weighted by Gasteiger charge is 2.15. The fourth-order valence-electron chi connectivity index (χ4n) is 1.96. The van der Waals surface area contributed by atoms with Crippen molar-refractivity contribution in [3.63, 3.8) is 0 Å². The lowest BCUT2D eigenvalue weighted by atomic mass is 10.2. The molecule has 114 valence electrons. The molecule has 0 saturated carbocycles. The first-order chi connectivity index (χ1) is 9.49. The van der Waals surface area contributed by atoms with Crippen LogP contribution in [0.4, 0.5) is 5.82 Å². The second-order valence-electron chi connectivity index (χ2n) is 5.66. The molecule has 20 heavy (non-hydrogen) atoms. The van der Waals surface area contributed by atoms with Crippen LogP contribution in [0.2, 0.25) is 0 Å². The molecule has 0 saturated heterocycles. The van der Waals surface area contributed by atoms with Crippen molar-refractivity contribution in [1.29, 1.82) is 0 Å². The molecule has 4 nitrogen and oxygen atoms in total. The maximum absolute atomic E-state index is 6.01. The van der Waals surface area contributed by atoms with E-state index in [9.17, 15) is 0 Å². The molecule has 0 aliphatic heterocycles. The molecule has 4 heteroatoms. The Bertz CT molecular complexity index is 418. The highest BCUT2D eigenvalue weighted by atomic mass is 16.5.